The lowest BCUT2D eigenvalue weighted by atomic mass is 10.0. The minimum absolute atomic E-state index is 0.0317. The molecule has 0 spiro atoms. The van der Waals surface area contributed by atoms with Gasteiger partial charge in [0.15, 0.2) is 0 Å². The summed E-state index contributed by atoms with van der Waals surface area (Å²) in [5, 5.41) is 3.00. The van der Waals surface area contributed by atoms with Crippen LogP contribution in [0.4, 0.5) is 0 Å². The summed E-state index contributed by atoms with van der Waals surface area (Å²) in [6.45, 7) is 6.49. The zero-order chi connectivity index (χ0) is 13.0. The van der Waals surface area contributed by atoms with Gasteiger partial charge in [0.1, 0.15) is 0 Å². The third-order valence-electron chi connectivity index (χ3n) is 3.24. The monoisotopic (exact) mass is 245 g/mol. The van der Waals surface area contributed by atoms with Crippen molar-refractivity contribution in [2.24, 2.45) is 5.92 Å². The molecule has 96 valence electrons. The molecule has 1 aliphatic heterocycles. The molecular formula is C15H19NO2. The third kappa shape index (κ3) is 3.44. The maximum absolute atomic E-state index is 11.9. The third-order valence-corrected chi connectivity index (χ3v) is 3.24. The number of carbonyl (C=O) groups excluding carboxylic acids is 1. The van der Waals surface area contributed by atoms with Gasteiger partial charge in [-0.05, 0) is 12.5 Å². The lowest BCUT2D eigenvalue weighted by molar-refractivity contribution is -0.122. The first-order chi connectivity index (χ1) is 8.70. The Bertz CT molecular complexity index is 412. The van der Waals surface area contributed by atoms with Crippen LogP contribution in [0, 0.1) is 5.92 Å². The van der Waals surface area contributed by atoms with Crippen LogP contribution in [0.5, 0.6) is 0 Å². The molecule has 0 radical (unpaired) electrons. The number of carbonyl (C=O) groups is 1. The van der Waals surface area contributed by atoms with E-state index in [4.69, 9.17) is 4.74 Å². The molecule has 1 N–H and O–H groups in total. The highest BCUT2D eigenvalue weighted by Crippen LogP contribution is 2.24. The first-order valence-corrected chi connectivity index (χ1v) is 6.29. The molecule has 0 aromatic heterocycles. The van der Waals surface area contributed by atoms with Crippen LogP contribution < -0.4 is 5.32 Å². The molecule has 18 heavy (non-hydrogen) atoms. The highest BCUT2D eigenvalue weighted by atomic mass is 16.6. The average molecular weight is 245 g/mol. The van der Waals surface area contributed by atoms with Crippen molar-refractivity contribution in [3.8, 4) is 0 Å². The molecule has 1 unspecified atom stereocenters. The molecule has 1 aromatic rings. The number of nitrogens with one attached hydrogen (secondary N) is 1. The number of hydrogen-bond donors (Lipinski definition) is 1. The van der Waals surface area contributed by atoms with Gasteiger partial charge in [-0.1, -0.05) is 36.4 Å². The number of hydrogen-bond acceptors (Lipinski definition) is 2. The van der Waals surface area contributed by atoms with Crippen LogP contribution in [-0.2, 0) is 9.53 Å². The highest BCUT2D eigenvalue weighted by Gasteiger charge is 2.32. The summed E-state index contributed by atoms with van der Waals surface area (Å²) in [6, 6.07) is 9.98. The predicted octanol–water partition coefficient (Wildman–Crippen LogP) is 2.45. The first-order valence-electron chi connectivity index (χ1n) is 6.29. The molecule has 3 nitrogen and oxygen atoms in total. The van der Waals surface area contributed by atoms with Crippen LogP contribution in [0.1, 0.15) is 24.9 Å². The van der Waals surface area contributed by atoms with Gasteiger partial charge in [0, 0.05) is 12.3 Å². The largest absolute Gasteiger partial charge is 0.372 e. The van der Waals surface area contributed by atoms with Crippen LogP contribution >= 0.6 is 0 Å². The zero-order valence-corrected chi connectivity index (χ0v) is 10.6. The van der Waals surface area contributed by atoms with Crippen molar-refractivity contribution in [1.82, 2.24) is 5.32 Å². The van der Waals surface area contributed by atoms with Crippen molar-refractivity contribution < 1.29 is 9.53 Å². The van der Waals surface area contributed by atoms with Crippen molar-refractivity contribution in [2.45, 2.75) is 25.5 Å². The number of rotatable bonds is 6. The van der Waals surface area contributed by atoms with E-state index in [1.165, 1.54) is 0 Å². The molecule has 2 rings (SSSR count). The van der Waals surface area contributed by atoms with Crippen LogP contribution in [0.15, 0.2) is 43.0 Å². The minimum Gasteiger partial charge on any atom is -0.372 e. The number of amides is 1. The van der Waals surface area contributed by atoms with Crippen LogP contribution in [0.3, 0.4) is 0 Å². The molecule has 0 saturated carbocycles. The Labute approximate surface area is 108 Å². The molecule has 1 amide bonds. The Kier molecular flexibility index (Phi) is 4.15. The summed E-state index contributed by atoms with van der Waals surface area (Å²) in [7, 11) is 0. The van der Waals surface area contributed by atoms with E-state index in [1.54, 1.807) is 0 Å². The summed E-state index contributed by atoms with van der Waals surface area (Å²) in [5.74, 6) is 0.180. The fourth-order valence-electron chi connectivity index (χ4n) is 2.01. The second-order valence-corrected chi connectivity index (χ2v) is 4.68. The summed E-state index contributed by atoms with van der Waals surface area (Å²) < 4.78 is 5.20. The van der Waals surface area contributed by atoms with Gasteiger partial charge >= 0.3 is 0 Å². The zero-order valence-electron chi connectivity index (χ0n) is 10.6. The van der Waals surface area contributed by atoms with Crippen molar-refractivity contribution in [2.75, 3.05) is 6.61 Å². The molecule has 0 aliphatic carbocycles. The van der Waals surface area contributed by atoms with E-state index in [9.17, 15) is 4.79 Å². The summed E-state index contributed by atoms with van der Waals surface area (Å²) >= 11 is 0. The van der Waals surface area contributed by atoms with E-state index in [0.717, 1.165) is 12.2 Å². The lowest BCUT2D eigenvalue weighted by Gasteiger charge is -2.16. The summed E-state index contributed by atoms with van der Waals surface area (Å²) in [6.07, 6.45) is 2.45. The number of ether oxygens (including phenoxy) is 1. The maximum Gasteiger partial charge on any atom is 0.221 e. The van der Waals surface area contributed by atoms with E-state index in [1.807, 2.05) is 43.3 Å². The quantitative estimate of drug-likeness (QED) is 0.618. The van der Waals surface area contributed by atoms with Crippen molar-refractivity contribution in [1.29, 1.82) is 0 Å². The van der Waals surface area contributed by atoms with Crippen LogP contribution in [0.2, 0.25) is 0 Å². The highest BCUT2D eigenvalue weighted by molar-refractivity contribution is 5.77. The molecule has 3 atom stereocenters. The Morgan fingerprint density at radius 1 is 1.56 bits per heavy atom. The van der Waals surface area contributed by atoms with E-state index in [0.29, 0.717) is 6.42 Å². The molecule has 0 bridgehead atoms. The Morgan fingerprint density at radius 3 is 2.78 bits per heavy atom. The SMILES string of the molecule is C=C[C@H](CC(=O)N[C@@H](C)c1ccccc1)C1CO1. The number of epoxide rings is 1. The number of benzene rings is 1. The van der Waals surface area contributed by atoms with Crippen molar-refractivity contribution in [3.63, 3.8) is 0 Å². The lowest BCUT2D eigenvalue weighted by Crippen LogP contribution is -2.29. The Balaban J connectivity index is 1.85. The molecule has 3 heteroatoms. The summed E-state index contributed by atoms with van der Waals surface area (Å²) in [4.78, 5) is 11.9. The molecule has 1 aromatic carbocycles. The van der Waals surface area contributed by atoms with Crippen LogP contribution in [0.25, 0.3) is 0 Å². The van der Waals surface area contributed by atoms with Gasteiger partial charge in [0.25, 0.3) is 0 Å². The van der Waals surface area contributed by atoms with E-state index >= 15 is 0 Å². The molecule has 1 heterocycles. The minimum atomic E-state index is 0.0317. The van der Waals surface area contributed by atoms with Gasteiger partial charge in [-0.15, -0.1) is 6.58 Å². The van der Waals surface area contributed by atoms with E-state index in [2.05, 4.69) is 11.9 Å². The van der Waals surface area contributed by atoms with Crippen LogP contribution in [-0.4, -0.2) is 18.6 Å². The Morgan fingerprint density at radius 2 is 2.22 bits per heavy atom. The normalized spacial score (nSPS) is 20.8. The first kappa shape index (κ1) is 12.8. The van der Waals surface area contributed by atoms with Gasteiger partial charge < -0.3 is 10.1 Å². The second-order valence-electron chi connectivity index (χ2n) is 4.68. The van der Waals surface area contributed by atoms with Gasteiger partial charge in [-0.3, -0.25) is 4.79 Å². The second kappa shape index (κ2) is 5.83. The van der Waals surface area contributed by atoms with E-state index < -0.39 is 0 Å². The summed E-state index contributed by atoms with van der Waals surface area (Å²) in [5.41, 5.74) is 1.11. The molecule has 1 fully saturated rings. The fraction of sp³-hybridized carbons (Fsp3) is 0.400. The molecule has 1 aliphatic rings. The molecule has 1 saturated heterocycles. The van der Waals surface area contributed by atoms with Gasteiger partial charge in [-0.25, -0.2) is 0 Å². The maximum atomic E-state index is 11.9. The smallest absolute Gasteiger partial charge is 0.221 e. The predicted molar refractivity (Wildman–Crippen MR) is 71.0 cm³/mol. The van der Waals surface area contributed by atoms with Crippen molar-refractivity contribution in [3.05, 3.63) is 48.6 Å². The fourth-order valence-corrected chi connectivity index (χ4v) is 2.01. The van der Waals surface area contributed by atoms with Gasteiger partial charge in [0.2, 0.25) is 5.91 Å². The van der Waals surface area contributed by atoms with Crippen molar-refractivity contribution >= 4 is 5.91 Å². The topological polar surface area (TPSA) is 41.6 Å². The van der Waals surface area contributed by atoms with Gasteiger partial charge in [-0.2, -0.15) is 0 Å². The van der Waals surface area contributed by atoms with Gasteiger partial charge in [0.05, 0.1) is 18.8 Å². The average Bonchev–Trinajstić information content (AvgIpc) is 3.21. The Hall–Kier alpha value is -1.61. The standard InChI is InChI=1S/C15H19NO2/c1-3-12(14-10-18-14)9-15(17)16-11(2)13-7-5-4-6-8-13/h3-8,11-12,14H,1,9-10H2,2H3,(H,16,17)/t11-,12+,14?/m0/s1. The van der Waals surface area contributed by atoms with E-state index in [-0.39, 0.29) is 24.0 Å². The molecular weight excluding hydrogens is 226 g/mol.